The van der Waals surface area contributed by atoms with Gasteiger partial charge in [-0.2, -0.15) is 0 Å². The van der Waals surface area contributed by atoms with E-state index in [4.69, 9.17) is 4.74 Å². The van der Waals surface area contributed by atoms with Crippen molar-refractivity contribution in [3.63, 3.8) is 0 Å². The summed E-state index contributed by atoms with van der Waals surface area (Å²) < 4.78 is 5.17. The third-order valence-corrected chi connectivity index (χ3v) is 2.38. The predicted octanol–water partition coefficient (Wildman–Crippen LogP) is 2.28. The van der Waals surface area contributed by atoms with Gasteiger partial charge in [-0.25, -0.2) is 4.79 Å². The van der Waals surface area contributed by atoms with E-state index in [1.807, 2.05) is 18.7 Å². The van der Waals surface area contributed by atoms with Gasteiger partial charge < -0.3 is 14.5 Å². The molecular formula is C14H26N2O3. The molecule has 110 valence electrons. The summed E-state index contributed by atoms with van der Waals surface area (Å²) in [7, 11) is 1.55. The molecule has 0 spiro atoms. The molecule has 0 atom stereocenters. The Morgan fingerprint density at radius 3 is 2.11 bits per heavy atom. The van der Waals surface area contributed by atoms with Crippen LogP contribution in [0.3, 0.4) is 0 Å². The van der Waals surface area contributed by atoms with Crippen molar-refractivity contribution in [1.29, 1.82) is 0 Å². The molecule has 0 unspecified atom stereocenters. The third kappa shape index (κ3) is 8.24. The van der Waals surface area contributed by atoms with Gasteiger partial charge in [0, 0.05) is 26.3 Å². The van der Waals surface area contributed by atoms with Crippen LogP contribution >= 0.6 is 0 Å². The van der Waals surface area contributed by atoms with Crippen LogP contribution in [0.1, 0.15) is 34.6 Å². The van der Waals surface area contributed by atoms with Crippen LogP contribution in [0.25, 0.3) is 0 Å². The van der Waals surface area contributed by atoms with Crippen LogP contribution in [-0.4, -0.2) is 54.0 Å². The monoisotopic (exact) mass is 270 g/mol. The Hall–Kier alpha value is -1.52. The highest BCUT2D eigenvalue weighted by atomic mass is 16.6. The molecule has 1 amide bonds. The number of hydrogen-bond donors (Lipinski definition) is 0. The number of hydrogen-bond acceptors (Lipinski definition) is 4. The molecule has 0 heterocycles. The Balaban J connectivity index is 4.29. The molecular weight excluding hydrogens is 244 g/mol. The number of rotatable bonds is 6. The summed E-state index contributed by atoms with van der Waals surface area (Å²) in [4.78, 5) is 26.6. The van der Waals surface area contributed by atoms with E-state index in [0.717, 1.165) is 13.1 Å². The zero-order chi connectivity index (χ0) is 15.1. The molecule has 5 nitrogen and oxygen atoms in total. The lowest BCUT2D eigenvalue weighted by molar-refractivity contribution is -0.115. The SMILES string of the molecule is CCN(/C=C/C(=O)CN(C)C(=O)OC(C)(C)C)CC. The molecule has 0 radical (unpaired) electrons. The van der Waals surface area contributed by atoms with Crippen LogP contribution in [-0.2, 0) is 9.53 Å². The Morgan fingerprint density at radius 2 is 1.68 bits per heavy atom. The molecule has 19 heavy (non-hydrogen) atoms. The standard InChI is InChI=1S/C14H26N2O3/c1-7-16(8-2)10-9-12(17)11-15(6)13(18)19-14(3,4)5/h9-10H,7-8,11H2,1-6H3/b10-9+. The fourth-order valence-corrected chi connectivity index (χ4v) is 1.31. The maximum Gasteiger partial charge on any atom is 0.410 e. The Bertz CT molecular complexity index is 328. The summed E-state index contributed by atoms with van der Waals surface area (Å²) in [6.07, 6.45) is 2.76. The topological polar surface area (TPSA) is 49.9 Å². The van der Waals surface area contributed by atoms with Crippen molar-refractivity contribution >= 4 is 11.9 Å². The van der Waals surface area contributed by atoms with E-state index < -0.39 is 11.7 Å². The average Bonchev–Trinajstić information content (AvgIpc) is 2.28. The summed E-state index contributed by atoms with van der Waals surface area (Å²) in [5.74, 6) is -0.125. The number of nitrogens with zero attached hydrogens (tertiary/aromatic N) is 2. The van der Waals surface area contributed by atoms with E-state index >= 15 is 0 Å². The van der Waals surface area contributed by atoms with Gasteiger partial charge in [-0.15, -0.1) is 0 Å². The van der Waals surface area contributed by atoms with Crippen molar-refractivity contribution < 1.29 is 14.3 Å². The maximum absolute atomic E-state index is 11.7. The van der Waals surface area contributed by atoms with Gasteiger partial charge in [-0.3, -0.25) is 4.79 Å². The number of ketones is 1. The second-order valence-electron chi connectivity index (χ2n) is 5.34. The van der Waals surface area contributed by atoms with Gasteiger partial charge in [-0.1, -0.05) is 0 Å². The molecule has 5 heteroatoms. The molecule has 0 saturated carbocycles. The van der Waals surface area contributed by atoms with Crippen LogP contribution in [0.15, 0.2) is 12.3 Å². The summed E-state index contributed by atoms with van der Waals surface area (Å²) in [6.45, 7) is 11.1. The normalized spacial score (nSPS) is 11.5. The molecule has 0 aromatic carbocycles. The molecule has 0 aromatic heterocycles. The van der Waals surface area contributed by atoms with Crippen molar-refractivity contribution in [1.82, 2.24) is 9.80 Å². The highest BCUT2D eigenvalue weighted by Gasteiger charge is 2.20. The first kappa shape index (κ1) is 17.5. The van der Waals surface area contributed by atoms with E-state index in [-0.39, 0.29) is 12.3 Å². The van der Waals surface area contributed by atoms with Crippen molar-refractivity contribution in [3.05, 3.63) is 12.3 Å². The smallest absolute Gasteiger partial charge is 0.410 e. The van der Waals surface area contributed by atoms with E-state index in [1.54, 1.807) is 34.0 Å². The van der Waals surface area contributed by atoms with Gasteiger partial charge in [0.15, 0.2) is 5.78 Å². The molecule has 0 rings (SSSR count). The van der Waals surface area contributed by atoms with E-state index in [1.165, 1.54) is 11.0 Å². The number of carbonyl (C=O) groups is 2. The minimum Gasteiger partial charge on any atom is -0.444 e. The molecule has 0 saturated heterocycles. The van der Waals surface area contributed by atoms with Gasteiger partial charge >= 0.3 is 6.09 Å². The lowest BCUT2D eigenvalue weighted by Gasteiger charge is -2.24. The van der Waals surface area contributed by atoms with Crippen molar-refractivity contribution in [3.8, 4) is 0 Å². The third-order valence-electron chi connectivity index (χ3n) is 2.38. The lowest BCUT2D eigenvalue weighted by atomic mass is 10.2. The van der Waals surface area contributed by atoms with Crippen LogP contribution in [0.5, 0.6) is 0 Å². The van der Waals surface area contributed by atoms with Gasteiger partial charge in [0.1, 0.15) is 5.60 Å². The molecule has 0 aliphatic rings. The molecule has 0 bridgehead atoms. The van der Waals surface area contributed by atoms with Crippen LogP contribution in [0.4, 0.5) is 4.79 Å². The zero-order valence-electron chi connectivity index (χ0n) is 12.9. The fourth-order valence-electron chi connectivity index (χ4n) is 1.31. The summed E-state index contributed by atoms with van der Waals surface area (Å²) >= 11 is 0. The van der Waals surface area contributed by atoms with Gasteiger partial charge in [0.2, 0.25) is 0 Å². The van der Waals surface area contributed by atoms with Crippen LogP contribution in [0.2, 0.25) is 0 Å². The van der Waals surface area contributed by atoms with Crippen molar-refractivity contribution in [2.24, 2.45) is 0 Å². The summed E-state index contributed by atoms with van der Waals surface area (Å²) in [5.41, 5.74) is -0.550. The Kier molecular flexibility index (Phi) is 7.19. The molecule has 0 aromatic rings. The largest absolute Gasteiger partial charge is 0.444 e. The maximum atomic E-state index is 11.7. The number of carbonyl (C=O) groups excluding carboxylic acids is 2. The van der Waals surface area contributed by atoms with E-state index in [0.29, 0.717) is 0 Å². The average molecular weight is 270 g/mol. The molecule has 0 aliphatic carbocycles. The highest BCUT2D eigenvalue weighted by Crippen LogP contribution is 2.08. The van der Waals surface area contributed by atoms with Crippen LogP contribution in [0, 0.1) is 0 Å². The first-order valence-electron chi connectivity index (χ1n) is 6.58. The first-order chi connectivity index (χ1) is 8.69. The molecule has 0 fully saturated rings. The first-order valence-corrected chi connectivity index (χ1v) is 6.58. The van der Waals surface area contributed by atoms with Crippen molar-refractivity contribution in [2.75, 3.05) is 26.7 Å². The highest BCUT2D eigenvalue weighted by molar-refractivity contribution is 5.93. The summed E-state index contributed by atoms with van der Waals surface area (Å²) in [5, 5.41) is 0. The number of amides is 1. The minimum absolute atomic E-state index is 0.0205. The van der Waals surface area contributed by atoms with Gasteiger partial charge in [-0.05, 0) is 40.7 Å². The quantitative estimate of drug-likeness (QED) is 0.695. The second kappa shape index (κ2) is 7.81. The Morgan fingerprint density at radius 1 is 1.16 bits per heavy atom. The summed E-state index contributed by atoms with van der Waals surface area (Å²) in [6, 6.07) is 0. The van der Waals surface area contributed by atoms with E-state index in [2.05, 4.69) is 0 Å². The minimum atomic E-state index is -0.550. The van der Waals surface area contributed by atoms with E-state index in [9.17, 15) is 9.59 Å². The molecule has 0 N–H and O–H groups in total. The molecule has 0 aliphatic heterocycles. The number of ether oxygens (including phenoxy) is 1. The predicted molar refractivity (Wildman–Crippen MR) is 75.9 cm³/mol. The van der Waals surface area contributed by atoms with Crippen LogP contribution < -0.4 is 0 Å². The second-order valence-corrected chi connectivity index (χ2v) is 5.34. The van der Waals surface area contributed by atoms with Gasteiger partial charge in [0.05, 0.1) is 6.54 Å². The van der Waals surface area contributed by atoms with Gasteiger partial charge in [0.25, 0.3) is 0 Å². The number of likely N-dealkylation sites (N-methyl/N-ethyl adjacent to an activating group) is 1. The fraction of sp³-hybridized carbons (Fsp3) is 0.714. The Labute approximate surface area is 116 Å². The van der Waals surface area contributed by atoms with Crippen molar-refractivity contribution in [2.45, 2.75) is 40.2 Å². The lowest BCUT2D eigenvalue weighted by Crippen LogP contribution is -2.36. The zero-order valence-corrected chi connectivity index (χ0v) is 12.9.